The van der Waals surface area contributed by atoms with E-state index in [0.29, 0.717) is 6.10 Å². The Morgan fingerprint density at radius 2 is 2.27 bits per heavy atom. The second-order valence-corrected chi connectivity index (χ2v) is 4.57. The average Bonchev–Trinajstić information content (AvgIpc) is 2.33. The Balaban J connectivity index is 1.98. The zero-order valence-corrected chi connectivity index (χ0v) is 9.37. The number of allylic oxidation sites excluding steroid dienone is 1. The summed E-state index contributed by atoms with van der Waals surface area (Å²) in [6.45, 7) is 0.899. The lowest BCUT2D eigenvalue weighted by Crippen LogP contribution is -2.47. The highest BCUT2D eigenvalue weighted by Crippen LogP contribution is 2.26. The quantitative estimate of drug-likeness (QED) is 0.425. The fraction of sp³-hybridized carbons (Fsp3) is 0.833. The summed E-state index contributed by atoms with van der Waals surface area (Å²) in [6.07, 6.45) is 11.3. The highest BCUT2D eigenvalue weighted by molar-refractivity contribution is 5.15. The van der Waals surface area contributed by atoms with Crippen molar-refractivity contribution in [3.63, 3.8) is 0 Å². The molecule has 3 N–H and O–H groups in total. The van der Waals surface area contributed by atoms with Crippen LogP contribution in [0.15, 0.2) is 11.6 Å². The molecule has 2 rings (SSSR count). The Morgan fingerprint density at radius 3 is 2.87 bits per heavy atom. The number of nitrogens with two attached hydrogens (primary N) is 1. The molecule has 86 valence electrons. The molecule has 1 aliphatic heterocycles. The monoisotopic (exact) mass is 210 g/mol. The minimum Gasteiger partial charge on any atom is -0.376 e. The van der Waals surface area contributed by atoms with Crippen LogP contribution in [-0.2, 0) is 4.74 Å². The Hall–Kier alpha value is -0.380. The zero-order valence-electron chi connectivity index (χ0n) is 9.37. The van der Waals surface area contributed by atoms with E-state index >= 15 is 0 Å². The third-order valence-electron chi connectivity index (χ3n) is 3.49. The van der Waals surface area contributed by atoms with Gasteiger partial charge in [-0.1, -0.05) is 11.6 Å². The van der Waals surface area contributed by atoms with Crippen molar-refractivity contribution in [1.82, 2.24) is 5.43 Å². The third kappa shape index (κ3) is 2.80. The Bertz CT molecular complexity index is 222. The van der Waals surface area contributed by atoms with Gasteiger partial charge in [-0.2, -0.15) is 0 Å². The molecule has 1 saturated heterocycles. The van der Waals surface area contributed by atoms with Crippen molar-refractivity contribution < 1.29 is 4.74 Å². The van der Waals surface area contributed by atoms with Gasteiger partial charge >= 0.3 is 0 Å². The van der Waals surface area contributed by atoms with E-state index in [1.165, 1.54) is 44.1 Å². The summed E-state index contributed by atoms with van der Waals surface area (Å²) >= 11 is 0. The Morgan fingerprint density at radius 1 is 1.33 bits per heavy atom. The van der Waals surface area contributed by atoms with Crippen molar-refractivity contribution in [3.8, 4) is 0 Å². The summed E-state index contributed by atoms with van der Waals surface area (Å²) in [4.78, 5) is 0. The smallest absolute Gasteiger partial charge is 0.0779 e. The maximum Gasteiger partial charge on any atom is 0.0779 e. The second-order valence-electron chi connectivity index (χ2n) is 4.57. The number of nitrogens with one attached hydrogen (secondary N) is 1. The molecule has 1 heterocycles. The van der Waals surface area contributed by atoms with Gasteiger partial charge in [0.2, 0.25) is 0 Å². The van der Waals surface area contributed by atoms with Crippen molar-refractivity contribution >= 4 is 0 Å². The lowest BCUT2D eigenvalue weighted by molar-refractivity contribution is -0.000843. The summed E-state index contributed by atoms with van der Waals surface area (Å²) in [5, 5.41) is 0. The summed E-state index contributed by atoms with van der Waals surface area (Å²) < 4.78 is 5.80. The van der Waals surface area contributed by atoms with Crippen molar-refractivity contribution in [2.45, 2.75) is 57.1 Å². The first-order valence-corrected chi connectivity index (χ1v) is 6.18. The largest absolute Gasteiger partial charge is 0.376 e. The van der Waals surface area contributed by atoms with Gasteiger partial charge in [-0.3, -0.25) is 11.3 Å². The predicted molar refractivity (Wildman–Crippen MR) is 61.3 cm³/mol. The fourth-order valence-corrected chi connectivity index (χ4v) is 2.63. The van der Waals surface area contributed by atoms with Gasteiger partial charge < -0.3 is 4.74 Å². The van der Waals surface area contributed by atoms with Crippen LogP contribution in [0.5, 0.6) is 0 Å². The van der Waals surface area contributed by atoms with E-state index in [4.69, 9.17) is 10.6 Å². The minimum atomic E-state index is 0.255. The number of hydrogen-bond acceptors (Lipinski definition) is 3. The van der Waals surface area contributed by atoms with Crippen LogP contribution in [-0.4, -0.2) is 18.8 Å². The van der Waals surface area contributed by atoms with E-state index in [1.54, 1.807) is 0 Å². The minimum absolute atomic E-state index is 0.255. The molecular weight excluding hydrogens is 188 g/mol. The van der Waals surface area contributed by atoms with Crippen LogP contribution in [0.2, 0.25) is 0 Å². The van der Waals surface area contributed by atoms with Gasteiger partial charge in [0, 0.05) is 6.61 Å². The number of rotatable bonds is 3. The maximum atomic E-state index is 5.80. The average molecular weight is 210 g/mol. The van der Waals surface area contributed by atoms with E-state index in [1.807, 2.05) is 0 Å². The van der Waals surface area contributed by atoms with E-state index in [0.717, 1.165) is 13.0 Å². The highest BCUT2D eigenvalue weighted by atomic mass is 16.5. The predicted octanol–water partition coefficient (Wildman–Crippen LogP) is 1.89. The molecule has 0 radical (unpaired) electrons. The van der Waals surface area contributed by atoms with E-state index in [2.05, 4.69) is 11.5 Å². The van der Waals surface area contributed by atoms with Gasteiger partial charge in [-0.05, 0) is 44.9 Å². The van der Waals surface area contributed by atoms with Crippen LogP contribution in [0.1, 0.15) is 44.9 Å². The van der Waals surface area contributed by atoms with E-state index in [-0.39, 0.29) is 6.04 Å². The van der Waals surface area contributed by atoms with Crippen LogP contribution in [0.3, 0.4) is 0 Å². The van der Waals surface area contributed by atoms with E-state index < -0.39 is 0 Å². The fourth-order valence-electron chi connectivity index (χ4n) is 2.63. The van der Waals surface area contributed by atoms with Gasteiger partial charge in [0.05, 0.1) is 12.1 Å². The molecule has 0 bridgehead atoms. The van der Waals surface area contributed by atoms with Gasteiger partial charge in [-0.15, -0.1) is 0 Å². The Kier molecular flexibility index (Phi) is 4.18. The van der Waals surface area contributed by atoms with Gasteiger partial charge in [0.25, 0.3) is 0 Å². The SMILES string of the molecule is NNC(C1=CCCCC1)C1CCCCO1. The summed E-state index contributed by atoms with van der Waals surface area (Å²) in [5.74, 6) is 5.66. The molecule has 0 saturated carbocycles. The number of hydrogen-bond donors (Lipinski definition) is 2. The summed E-state index contributed by atoms with van der Waals surface area (Å²) in [7, 11) is 0. The van der Waals surface area contributed by atoms with Crippen LogP contribution in [0.25, 0.3) is 0 Å². The van der Waals surface area contributed by atoms with Crippen LogP contribution >= 0.6 is 0 Å². The van der Waals surface area contributed by atoms with Crippen molar-refractivity contribution in [2.75, 3.05) is 6.61 Å². The molecular formula is C12H22N2O. The van der Waals surface area contributed by atoms with Crippen molar-refractivity contribution in [3.05, 3.63) is 11.6 Å². The molecule has 0 aromatic rings. The molecule has 3 nitrogen and oxygen atoms in total. The molecule has 0 amide bonds. The summed E-state index contributed by atoms with van der Waals surface area (Å²) in [5.41, 5.74) is 4.42. The summed E-state index contributed by atoms with van der Waals surface area (Å²) in [6, 6.07) is 0.255. The van der Waals surface area contributed by atoms with Gasteiger partial charge in [0.1, 0.15) is 0 Å². The molecule has 3 heteroatoms. The molecule has 2 unspecified atom stereocenters. The molecule has 15 heavy (non-hydrogen) atoms. The molecule has 1 aliphatic carbocycles. The molecule has 2 aliphatic rings. The molecule has 0 aromatic heterocycles. The Labute approximate surface area is 92.0 Å². The standard InChI is InChI=1S/C12H22N2O/c13-14-12(10-6-2-1-3-7-10)11-8-4-5-9-15-11/h6,11-12,14H,1-5,7-9,13H2. The lowest BCUT2D eigenvalue weighted by Gasteiger charge is -2.32. The van der Waals surface area contributed by atoms with Crippen LogP contribution in [0, 0.1) is 0 Å². The van der Waals surface area contributed by atoms with Gasteiger partial charge in [-0.25, -0.2) is 0 Å². The van der Waals surface area contributed by atoms with Gasteiger partial charge in [0.15, 0.2) is 0 Å². The van der Waals surface area contributed by atoms with Crippen molar-refractivity contribution in [1.29, 1.82) is 0 Å². The first-order valence-electron chi connectivity index (χ1n) is 6.18. The maximum absolute atomic E-state index is 5.80. The molecule has 0 aromatic carbocycles. The third-order valence-corrected chi connectivity index (χ3v) is 3.49. The molecule has 1 fully saturated rings. The zero-order chi connectivity index (χ0) is 10.5. The van der Waals surface area contributed by atoms with Crippen LogP contribution in [0.4, 0.5) is 0 Å². The normalized spacial score (nSPS) is 29.7. The van der Waals surface area contributed by atoms with E-state index in [9.17, 15) is 0 Å². The first kappa shape index (κ1) is 11.1. The number of ether oxygens (including phenoxy) is 1. The lowest BCUT2D eigenvalue weighted by atomic mass is 9.89. The molecule has 2 atom stereocenters. The highest BCUT2D eigenvalue weighted by Gasteiger charge is 2.26. The van der Waals surface area contributed by atoms with Crippen LogP contribution < -0.4 is 11.3 Å². The first-order chi connectivity index (χ1) is 7.42. The second kappa shape index (κ2) is 5.64. The number of hydrazine groups is 1. The molecule has 0 spiro atoms. The van der Waals surface area contributed by atoms with Crippen molar-refractivity contribution in [2.24, 2.45) is 5.84 Å². The topological polar surface area (TPSA) is 47.3 Å².